The number of anilines is 2. The lowest BCUT2D eigenvalue weighted by molar-refractivity contribution is 0.570. The van der Waals surface area contributed by atoms with E-state index in [1.54, 1.807) is 6.20 Å². The lowest BCUT2D eigenvalue weighted by Gasteiger charge is -2.28. The molecule has 3 heterocycles. The van der Waals surface area contributed by atoms with Gasteiger partial charge in [-0.15, -0.1) is 5.10 Å². The molecule has 0 radical (unpaired) electrons. The second-order valence-electron chi connectivity index (χ2n) is 5.83. The van der Waals surface area contributed by atoms with E-state index in [2.05, 4.69) is 20.1 Å². The van der Waals surface area contributed by atoms with Crippen molar-refractivity contribution in [2.24, 2.45) is 0 Å². The fraction of sp³-hybridized carbons (Fsp3) is 0.769. The zero-order chi connectivity index (χ0) is 14.9. The van der Waals surface area contributed by atoms with Gasteiger partial charge < -0.3 is 9.80 Å². The van der Waals surface area contributed by atoms with E-state index in [4.69, 9.17) is 0 Å². The monoisotopic (exact) mass is 311 g/mol. The molecule has 7 nitrogen and oxygen atoms in total. The molecular formula is C13H21N5O2S. The molecule has 3 rings (SSSR count). The van der Waals surface area contributed by atoms with E-state index in [1.165, 1.54) is 19.3 Å². The van der Waals surface area contributed by atoms with Crippen molar-refractivity contribution < 1.29 is 8.42 Å². The van der Waals surface area contributed by atoms with Gasteiger partial charge in [0.15, 0.2) is 15.7 Å². The summed E-state index contributed by atoms with van der Waals surface area (Å²) in [5.41, 5.74) is 0. The number of rotatable bonds is 3. The molecule has 1 unspecified atom stereocenters. The van der Waals surface area contributed by atoms with E-state index >= 15 is 0 Å². The zero-order valence-corrected chi connectivity index (χ0v) is 13.1. The highest BCUT2D eigenvalue weighted by molar-refractivity contribution is 7.91. The first-order chi connectivity index (χ1) is 10.1. The van der Waals surface area contributed by atoms with Crippen LogP contribution in [0, 0.1) is 0 Å². The van der Waals surface area contributed by atoms with Gasteiger partial charge in [-0.05, 0) is 25.7 Å². The van der Waals surface area contributed by atoms with E-state index in [0.29, 0.717) is 12.4 Å². The topological polar surface area (TPSA) is 79.3 Å². The quantitative estimate of drug-likeness (QED) is 0.803. The van der Waals surface area contributed by atoms with E-state index in [0.717, 1.165) is 18.9 Å². The molecular weight excluding hydrogens is 290 g/mol. The van der Waals surface area contributed by atoms with Gasteiger partial charge in [-0.2, -0.15) is 10.1 Å². The lowest BCUT2D eigenvalue weighted by atomic mass is 10.1. The molecule has 0 amide bonds. The van der Waals surface area contributed by atoms with Gasteiger partial charge in [0, 0.05) is 26.2 Å². The largest absolute Gasteiger partial charge is 0.355 e. The highest BCUT2D eigenvalue weighted by atomic mass is 32.2. The summed E-state index contributed by atoms with van der Waals surface area (Å²) in [7, 11) is -1.06. The summed E-state index contributed by atoms with van der Waals surface area (Å²) in [4.78, 5) is 8.65. The molecule has 2 fully saturated rings. The number of nitrogens with zero attached hydrogens (tertiary/aromatic N) is 5. The average molecular weight is 311 g/mol. The van der Waals surface area contributed by atoms with E-state index in [9.17, 15) is 8.42 Å². The van der Waals surface area contributed by atoms with Crippen molar-refractivity contribution in [3.8, 4) is 0 Å². The second kappa shape index (κ2) is 5.75. The van der Waals surface area contributed by atoms with Crippen LogP contribution in [0.1, 0.15) is 25.7 Å². The second-order valence-corrected chi connectivity index (χ2v) is 8.06. The maximum atomic E-state index is 11.6. The van der Waals surface area contributed by atoms with Crippen LogP contribution in [0.3, 0.4) is 0 Å². The molecule has 0 spiro atoms. The van der Waals surface area contributed by atoms with Crippen molar-refractivity contribution in [2.45, 2.75) is 31.7 Å². The van der Waals surface area contributed by atoms with E-state index in [-0.39, 0.29) is 17.5 Å². The standard InChI is InChI=1S/C13H21N5O2S/c1-17(11-5-8-21(19,20)10-11)13-15-12(9-14-16-13)18-6-3-2-4-7-18/h9,11H,2-8,10H2,1H3. The smallest absolute Gasteiger partial charge is 0.247 e. The zero-order valence-electron chi connectivity index (χ0n) is 12.3. The molecule has 2 aliphatic rings. The first-order valence-electron chi connectivity index (χ1n) is 7.43. The first-order valence-corrected chi connectivity index (χ1v) is 9.25. The Hall–Kier alpha value is -1.44. The Morgan fingerprint density at radius 2 is 2.05 bits per heavy atom. The van der Waals surface area contributed by atoms with E-state index < -0.39 is 9.84 Å². The van der Waals surface area contributed by atoms with Gasteiger partial charge in [0.25, 0.3) is 0 Å². The van der Waals surface area contributed by atoms with Gasteiger partial charge in [0.1, 0.15) is 0 Å². The maximum Gasteiger partial charge on any atom is 0.247 e. The Balaban J connectivity index is 1.76. The van der Waals surface area contributed by atoms with Crippen LogP contribution in [-0.2, 0) is 9.84 Å². The van der Waals surface area contributed by atoms with Crippen LogP contribution >= 0.6 is 0 Å². The highest BCUT2D eigenvalue weighted by Crippen LogP contribution is 2.22. The summed E-state index contributed by atoms with van der Waals surface area (Å²) in [5, 5.41) is 8.11. The minimum atomic E-state index is -2.91. The van der Waals surface area contributed by atoms with E-state index in [1.807, 2.05) is 11.9 Å². The van der Waals surface area contributed by atoms with Crippen molar-refractivity contribution >= 4 is 21.6 Å². The van der Waals surface area contributed by atoms with Crippen molar-refractivity contribution in [1.82, 2.24) is 15.2 Å². The van der Waals surface area contributed by atoms with Crippen molar-refractivity contribution in [2.75, 3.05) is 41.4 Å². The summed E-state index contributed by atoms with van der Waals surface area (Å²) in [6, 6.07) is -0.0478. The summed E-state index contributed by atoms with van der Waals surface area (Å²) < 4.78 is 23.2. The number of hydrogen-bond donors (Lipinski definition) is 0. The van der Waals surface area contributed by atoms with Crippen LogP contribution in [0.2, 0.25) is 0 Å². The van der Waals surface area contributed by atoms with Gasteiger partial charge in [-0.3, -0.25) is 0 Å². The molecule has 0 bridgehead atoms. The Kier molecular flexibility index (Phi) is 3.97. The Labute approximate surface area is 125 Å². The molecule has 1 aromatic heterocycles. The fourth-order valence-corrected chi connectivity index (χ4v) is 4.73. The number of sulfone groups is 1. The van der Waals surface area contributed by atoms with Gasteiger partial charge in [0.2, 0.25) is 5.95 Å². The third-order valence-corrected chi connectivity index (χ3v) is 6.04. The van der Waals surface area contributed by atoms with Gasteiger partial charge >= 0.3 is 0 Å². The molecule has 0 aliphatic carbocycles. The number of hydrogen-bond acceptors (Lipinski definition) is 7. The molecule has 8 heteroatoms. The predicted octanol–water partition coefficient (Wildman–Crippen LogP) is 0.485. The Bertz CT molecular complexity index is 600. The Morgan fingerprint density at radius 3 is 2.71 bits per heavy atom. The van der Waals surface area contributed by atoms with Crippen LogP contribution in [-0.4, -0.2) is 61.3 Å². The Morgan fingerprint density at radius 1 is 1.29 bits per heavy atom. The highest BCUT2D eigenvalue weighted by Gasteiger charge is 2.32. The van der Waals surface area contributed by atoms with Gasteiger partial charge in [0.05, 0.1) is 17.7 Å². The number of piperidine rings is 1. The summed E-state index contributed by atoms with van der Waals surface area (Å²) in [5.74, 6) is 1.79. The predicted molar refractivity (Wildman–Crippen MR) is 81.4 cm³/mol. The third kappa shape index (κ3) is 3.25. The minimum absolute atomic E-state index is 0.0478. The summed E-state index contributed by atoms with van der Waals surface area (Å²) >= 11 is 0. The molecule has 0 N–H and O–H groups in total. The molecule has 2 aliphatic heterocycles. The molecule has 0 aromatic carbocycles. The van der Waals surface area contributed by atoms with Crippen molar-refractivity contribution in [3.63, 3.8) is 0 Å². The molecule has 1 atom stereocenters. The van der Waals surface area contributed by atoms with Gasteiger partial charge in [-0.25, -0.2) is 8.42 Å². The molecule has 21 heavy (non-hydrogen) atoms. The molecule has 1 aromatic rings. The first kappa shape index (κ1) is 14.5. The van der Waals surface area contributed by atoms with Crippen LogP contribution < -0.4 is 9.80 Å². The van der Waals surface area contributed by atoms with Crippen LogP contribution in [0.15, 0.2) is 6.20 Å². The average Bonchev–Trinajstić information content (AvgIpc) is 2.88. The summed E-state index contributed by atoms with van der Waals surface area (Å²) in [6.45, 7) is 2.00. The molecule has 2 saturated heterocycles. The van der Waals surface area contributed by atoms with Crippen LogP contribution in [0.4, 0.5) is 11.8 Å². The fourth-order valence-electron chi connectivity index (χ4n) is 2.95. The normalized spacial score (nSPS) is 25.0. The lowest BCUT2D eigenvalue weighted by Crippen LogP contribution is -2.35. The summed E-state index contributed by atoms with van der Waals surface area (Å²) in [6.07, 6.45) is 5.94. The third-order valence-electron chi connectivity index (χ3n) is 4.29. The van der Waals surface area contributed by atoms with Crippen LogP contribution in [0.25, 0.3) is 0 Å². The molecule has 0 saturated carbocycles. The maximum absolute atomic E-state index is 11.6. The molecule has 116 valence electrons. The number of aromatic nitrogens is 3. The van der Waals surface area contributed by atoms with Crippen molar-refractivity contribution in [1.29, 1.82) is 0 Å². The van der Waals surface area contributed by atoms with Crippen LogP contribution in [0.5, 0.6) is 0 Å². The minimum Gasteiger partial charge on any atom is -0.355 e. The SMILES string of the molecule is CN(c1nncc(N2CCCCC2)n1)C1CCS(=O)(=O)C1. The van der Waals surface area contributed by atoms with Crippen molar-refractivity contribution in [3.05, 3.63) is 6.20 Å². The van der Waals surface area contributed by atoms with Gasteiger partial charge in [-0.1, -0.05) is 0 Å².